The highest BCUT2D eigenvalue weighted by molar-refractivity contribution is 7.09. The van der Waals surface area contributed by atoms with Crippen molar-refractivity contribution in [2.45, 2.75) is 38.1 Å². The first-order chi connectivity index (χ1) is 10.6. The number of carbonyl (C=O) groups is 1. The van der Waals surface area contributed by atoms with Crippen molar-refractivity contribution in [3.8, 4) is 0 Å². The van der Waals surface area contributed by atoms with E-state index in [1.807, 2.05) is 12.3 Å². The van der Waals surface area contributed by atoms with E-state index < -0.39 is 0 Å². The van der Waals surface area contributed by atoms with Crippen molar-refractivity contribution in [2.24, 2.45) is 0 Å². The number of urea groups is 1. The summed E-state index contributed by atoms with van der Waals surface area (Å²) in [6.45, 7) is 1.96. The lowest BCUT2D eigenvalue weighted by atomic mass is 9.99. The fourth-order valence-corrected chi connectivity index (χ4v) is 3.87. The Morgan fingerprint density at radius 1 is 1.27 bits per heavy atom. The van der Waals surface area contributed by atoms with Crippen LogP contribution in [0.3, 0.4) is 0 Å². The van der Waals surface area contributed by atoms with Gasteiger partial charge in [-0.25, -0.2) is 14.2 Å². The van der Waals surface area contributed by atoms with Crippen LogP contribution in [0, 0.1) is 12.7 Å². The van der Waals surface area contributed by atoms with Crippen LogP contribution >= 0.6 is 11.3 Å². The zero-order chi connectivity index (χ0) is 15.6. The number of rotatable bonds is 3. The van der Waals surface area contributed by atoms with Crippen LogP contribution in [0.25, 0.3) is 0 Å². The lowest BCUT2D eigenvalue weighted by molar-refractivity contribution is 0.236. The molecule has 0 bridgehead atoms. The standard InChI is InChI=1S/C16H18FN3OS/c1-11-10-22-14(18-11)16(8-2-3-9-16)20-15(21)19-13-6-4-12(17)5-7-13/h4-7,10H,2-3,8-9H2,1H3,(H2,19,20,21). The molecule has 1 aromatic carbocycles. The average Bonchev–Trinajstić information content (AvgIpc) is 3.11. The molecule has 0 saturated heterocycles. The zero-order valence-corrected chi connectivity index (χ0v) is 13.2. The summed E-state index contributed by atoms with van der Waals surface area (Å²) >= 11 is 1.59. The number of aryl methyl sites for hydroxylation is 1. The molecule has 6 heteroatoms. The summed E-state index contributed by atoms with van der Waals surface area (Å²) in [4.78, 5) is 16.9. The highest BCUT2D eigenvalue weighted by atomic mass is 32.1. The lowest BCUT2D eigenvalue weighted by Crippen LogP contribution is -2.45. The monoisotopic (exact) mass is 319 g/mol. The van der Waals surface area contributed by atoms with Gasteiger partial charge in [-0.05, 0) is 44.0 Å². The molecule has 1 fully saturated rings. The molecule has 0 unspecified atom stereocenters. The quantitative estimate of drug-likeness (QED) is 0.891. The van der Waals surface area contributed by atoms with Gasteiger partial charge in [-0.3, -0.25) is 0 Å². The molecule has 0 atom stereocenters. The fraction of sp³-hybridized carbons (Fsp3) is 0.375. The van der Waals surface area contributed by atoms with E-state index in [0.717, 1.165) is 36.4 Å². The Kier molecular flexibility index (Phi) is 4.11. The van der Waals surface area contributed by atoms with Gasteiger partial charge in [0.05, 0.1) is 5.54 Å². The second-order valence-electron chi connectivity index (χ2n) is 5.67. The number of carbonyl (C=O) groups excluding carboxylic acids is 1. The molecular formula is C16H18FN3OS. The molecular weight excluding hydrogens is 301 g/mol. The molecule has 4 nitrogen and oxygen atoms in total. The van der Waals surface area contributed by atoms with Gasteiger partial charge in [0.25, 0.3) is 0 Å². The van der Waals surface area contributed by atoms with Gasteiger partial charge in [0.1, 0.15) is 10.8 Å². The number of hydrogen-bond donors (Lipinski definition) is 2. The molecule has 22 heavy (non-hydrogen) atoms. The van der Waals surface area contributed by atoms with Gasteiger partial charge >= 0.3 is 6.03 Å². The van der Waals surface area contributed by atoms with Gasteiger partial charge in [-0.15, -0.1) is 11.3 Å². The smallest absolute Gasteiger partial charge is 0.320 e. The van der Waals surface area contributed by atoms with E-state index >= 15 is 0 Å². The summed E-state index contributed by atoms with van der Waals surface area (Å²) in [7, 11) is 0. The second-order valence-corrected chi connectivity index (χ2v) is 6.53. The molecule has 1 aliphatic rings. The van der Waals surface area contributed by atoms with E-state index in [1.54, 1.807) is 23.5 Å². The van der Waals surface area contributed by atoms with Crippen LogP contribution in [0.15, 0.2) is 29.6 Å². The number of amides is 2. The summed E-state index contributed by atoms with van der Waals surface area (Å²) in [5.41, 5.74) is 1.18. The first kappa shape index (κ1) is 15.0. The summed E-state index contributed by atoms with van der Waals surface area (Å²) in [5, 5.41) is 8.82. The predicted molar refractivity (Wildman–Crippen MR) is 85.6 cm³/mol. The summed E-state index contributed by atoms with van der Waals surface area (Å²) in [6.07, 6.45) is 3.96. The number of benzene rings is 1. The summed E-state index contributed by atoms with van der Waals surface area (Å²) < 4.78 is 12.9. The Morgan fingerprint density at radius 3 is 2.55 bits per heavy atom. The Balaban J connectivity index is 1.74. The van der Waals surface area contributed by atoms with Crippen LogP contribution < -0.4 is 10.6 Å². The Labute approximate surface area is 132 Å². The maximum absolute atomic E-state index is 12.9. The third kappa shape index (κ3) is 3.11. The maximum atomic E-state index is 12.9. The van der Waals surface area contributed by atoms with Crippen LogP contribution in [0.5, 0.6) is 0 Å². The minimum absolute atomic E-state index is 0.277. The maximum Gasteiger partial charge on any atom is 0.320 e. The van der Waals surface area contributed by atoms with Crippen molar-refractivity contribution < 1.29 is 9.18 Å². The van der Waals surface area contributed by atoms with Crippen molar-refractivity contribution in [2.75, 3.05) is 5.32 Å². The highest BCUT2D eigenvalue weighted by Crippen LogP contribution is 2.40. The van der Waals surface area contributed by atoms with Crippen molar-refractivity contribution in [3.63, 3.8) is 0 Å². The van der Waals surface area contributed by atoms with E-state index in [0.29, 0.717) is 5.69 Å². The summed E-state index contributed by atoms with van der Waals surface area (Å²) in [5.74, 6) is -0.323. The molecule has 1 aliphatic carbocycles. The van der Waals surface area contributed by atoms with E-state index in [9.17, 15) is 9.18 Å². The molecule has 2 amide bonds. The first-order valence-corrected chi connectivity index (χ1v) is 8.23. The summed E-state index contributed by atoms with van der Waals surface area (Å²) in [6, 6.07) is 5.46. The van der Waals surface area contributed by atoms with Crippen molar-refractivity contribution in [3.05, 3.63) is 46.2 Å². The number of halogens is 1. The van der Waals surface area contributed by atoms with Gasteiger partial charge in [0.2, 0.25) is 0 Å². The third-order valence-electron chi connectivity index (χ3n) is 3.94. The minimum atomic E-state index is -0.372. The topological polar surface area (TPSA) is 54.0 Å². The molecule has 116 valence electrons. The van der Waals surface area contributed by atoms with E-state index in [-0.39, 0.29) is 17.4 Å². The Bertz CT molecular complexity index is 662. The zero-order valence-electron chi connectivity index (χ0n) is 12.4. The van der Waals surface area contributed by atoms with Crippen LogP contribution in [0.1, 0.15) is 36.4 Å². The van der Waals surface area contributed by atoms with Gasteiger partial charge in [0.15, 0.2) is 0 Å². The first-order valence-electron chi connectivity index (χ1n) is 7.35. The van der Waals surface area contributed by atoms with Gasteiger partial charge in [-0.1, -0.05) is 12.8 Å². The van der Waals surface area contributed by atoms with E-state index in [1.165, 1.54) is 12.1 Å². The largest absolute Gasteiger partial charge is 0.326 e. The Hall–Kier alpha value is -1.95. The van der Waals surface area contributed by atoms with E-state index in [4.69, 9.17) is 0 Å². The number of thiazole rings is 1. The SMILES string of the molecule is Cc1csc(C2(NC(=O)Nc3ccc(F)cc3)CCCC2)n1. The predicted octanol–water partition coefficient (Wildman–Crippen LogP) is 4.18. The molecule has 2 aromatic rings. The van der Waals surface area contributed by atoms with Crippen molar-refractivity contribution >= 4 is 23.1 Å². The lowest BCUT2D eigenvalue weighted by Gasteiger charge is -2.28. The number of aromatic nitrogens is 1. The molecule has 0 spiro atoms. The van der Waals surface area contributed by atoms with E-state index in [2.05, 4.69) is 15.6 Å². The van der Waals surface area contributed by atoms with Gasteiger partial charge in [0, 0.05) is 16.8 Å². The van der Waals surface area contributed by atoms with Gasteiger partial charge in [-0.2, -0.15) is 0 Å². The van der Waals surface area contributed by atoms with Crippen LogP contribution in [0.2, 0.25) is 0 Å². The fourth-order valence-electron chi connectivity index (χ4n) is 2.86. The normalized spacial score (nSPS) is 16.5. The van der Waals surface area contributed by atoms with Crippen molar-refractivity contribution in [1.82, 2.24) is 10.3 Å². The van der Waals surface area contributed by atoms with Crippen molar-refractivity contribution in [1.29, 1.82) is 0 Å². The van der Waals surface area contributed by atoms with Crippen LogP contribution in [-0.4, -0.2) is 11.0 Å². The molecule has 1 heterocycles. The number of hydrogen-bond acceptors (Lipinski definition) is 3. The minimum Gasteiger partial charge on any atom is -0.326 e. The Morgan fingerprint density at radius 2 is 1.95 bits per heavy atom. The number of anilines is 1. The number of nitrogens with one attached hydrogen (secondary N) is 2. The van der Waals surface area contributed by atoms with Gasteiger partial charge < -0.3 is 10.6 Å². The third-order valence-corrected chi connectivity index (χ3v) is 5.10. The molecule has 1 saturated carbocycles. The highest BCUT2D eigenvalue weighted by Gasteiger charge is 2.39. The molecule has 0 aliphatic heterocycles. The average molecular weight is 319 g/mol. The van der Waals surface area contributed by atoms with Crippen LogP contribution in [0.4, 0.5) is 14.9 Å². The molecule has 3 rings (SSSR count). The second kappa shape index (κ2) is 6.04. The molecule has 2 N–H and O–H groups in total. The van der Waals surface area contributed by atoms with Crippen LogP contribution in [-0.2, 0) is 5.54 Å². The number of nitrogens with zero attached hydrogens (tertiary/aromatic N) is 1. The molecule has 0 radical (unpaired) electrons. The molecule has 1 aromatic heterocycles.